The number of benzene rings is 1. The summed E-state index contributed by atoms with van der Waals surface area (Å²) in [5.74, 6) is 0.329. The van der Waals surface area contributed by atoms with Crippen LogP contribution >= 0.6 is 11.6 Å². The van der Waals surface area contributed by atoms with Crippen LogP contribution in [0.15, 0.2) is 18.2 Å². The van der Waals surface area contributed by atoms with Gasteiger partial charge in [-0.15, -0.1) is 0 Å². The predicted molar refractivity (Wildman–Crippen MR) is 62.5 cm³/mol. The molecule has 1 saturated heterocycles. The van der Waals surface area contributed by atoms with Gasteiger partial charge in [0.2, 0.25) is 0 Å². The molecule has 1 aliphatic rings. The van der Waals surface area contributed by atoms with Crippen molar-refractivity contribution in [3.05, 3.63) is 28.8 Å². The molecule has 0 aromatic heterocycles. The van der Waals surface area contributed by atoms with Crippen molar-refractivity contribution in [1.82, 2.24) is 0 Å². The van der Waals surface area contributed by atoms with E-state index in [0.717, 1.165) is 5.56 Å². The molecule has 1 fully saturated rings. The molecule has 0 aliphatic carbocycles. The second-order valence-electron chi connectivity index (χ2n) is 3.91. The first-order chi connectivity index (χ1) is 8.14. The van der Waals surface area contributed by atoms with Gasteiger partial charge in [-0.1, -0.05) is 17.7 Å². The Morgan fingerprint density at radius 1 is 1.41 bits per heavy atom. The van der Waals surface area contributed by atoms with E-state index < -0.39 is 5.41 Å². The van der Waals surface area contributed by atoms with E-state index >= 15 is 0 Å². The Hall–Kier alpha value is -1.26. The molecule has 0 unspecified atom stereocenters. The van der Waals surface area contributed by atoms with Crippen molar-refractivity contribution in [2.45, 2.75) is 5.41 Å². The molecule has 5 heteroatoms. The van der Waals surface area contributed by atoms with Crippen LogP contribution in [-0.4, -0.2) is 33.4 Å². The Bertz CT molecular complexity index is 440. The third kappa shape index (κ3) is 1.87. The minimum absolute atomic E-state index is 0.297. The van der Waals surface area contributed by atoms with E-state index in [-0.39, 0.29) is 5.97 Å². The van der Waals surface area contributed by atoms with Crippen LogP contribution in [0.3, 0.4) is 0 Å². The Labute approximate surface area is 104 Å². The molecule has 4 nitrogen and oxygen atoms in total. The Morgan fingerprint density at radius 3 is 2.53 bits per heavy atom. The smallest absolute Gasteiger partial charge is 0.321 e. The molecule has 1 heterocycles. The molecule has 0 bridgehead atoms. The van der Waals surface area contributed by atoms with E-state index in [2.05, 4.69) is 0 Å². The molecule has 92 valence electrons. The quantitative estimate of drug-likeness (QED) is 0.774. The molecule has 0 N–H and O–H groups in total. The van der Waals surface area contributed by atoms with Crippen LogP contribution in [0, 0.1) is 0 Å². The number of methoxy groups -OCH3 is 2. The van der Waals surface area contributed by atoms with Gasteiger partial charge < -0.3 is 14.2 Å². The van der Waals surface area contributed by atoms with E-state index in [4.69, 9.17) is 25.8 Å². The number of halogens is 1. The lowest BCUT2D eigenvalue weighted by Crippen LogP contribution is -2.53. The monoisotopic (exact) mass is 256 g/mol. The first kappa shape index (κ1) is 12.2. The number of hydrogen-bond acceptors (Lipinski definition) is 4. The summed E-state index contributed by atoms with van der Waals surface area (Å²) in [4.78, 5) is 11.8. The third-order valence-electron chi connectivity index (χ3n) is 2.96. The molecule has 0 radical (unpaired) electrons. The van der Waals surface area contributed by atoms with Crippen LogP contribution in [0.2, 0.25) is 5.02 Å². The van der Waals surface area contributed by atoms with Crippen LogP contribution in [0.1, 0.15) is 5.56 Å². The van der Waals surface area contributed by atoms with Crippen molar-refractivity contribution >= 4 is 17.6 Å². The normalized spacial score (nSPS) is 17.1. The Balaban J connectivity index is 2.41. The van der Waals surface area contributed by atoms with Gasteiger partial charge in [0.15, 0.2) is 0 Å². The summed E-state index contributed by atoms with van der Waals surface area (Å²) in [7, 11) is 2.92. The highest BCUT2D eigenvalue weighted by molar-refractivity contribution is 6.32. The van der Waals surface area contributed by atoms with Gasteiger partial charge in [-0.25, -0.2) is 0 Å². The van der Waals surface area contributed by atoms with E-state index in [1.807, 2.05) is 0 Å². The van der Waals surface area contributed by atoms with Crippen LogP contribution in [-0.2, 0) is 19.7 Å². The van der Waals surface area contributed by atoms with Crippen molar-refractivity contribution in [2.24, 2.45) is 0 Å². The molecular formula is C12H13ClO4. The maximum Gasteiger partial charge on any atom is 0.321 e. The highest BCUT2D eigenvalue weighted by Gasteiger charge is 2.49. The minimum Gasteiger partial charge on any atom is -0.497 e. The van der Waals surface area contributed by atoms with E-state index in [0.29, 0.717) is 24.0 Å². The van der Waals surface area contributed by atoms with E-state index in [1.165, 1.54) is 7.11 Å². The zero-order valence-electron chi connectivity index (χ0n) is 9.66. The lowest BCUT2D eigenvalue weighted by molar-refractivity contribution is -0.166. The second-order valence-corrected chi connectivity index (χ2v) is 4.32. The fourth-order valence-electron chi connectivity index (χ4n) is 1.90. The highest BCUT2D eigenvalue weighted by Crippen LogP contribution is 2.39. The molecular weight excluding hydrogens is 244 g/mol. The van der Waals surface area contributed by atoms with Gasteiger partial charge in [0.05, 0.1) is 27.4 Å². The molecule has 0 saturated carbocycles. The van der Waals surface area contributed by atoms with Crippen molar-refractivity contribution in [1.29, 1.82) is 0 Å². The lowest BCUT2D eigenvalue weighted by Gasteiger charge is -2.39. The van der Waals surface area contributed by atoms with Gasteiger partial charge >= 0.3 is 5.97 Å². The lowest BCUT2D eigenvalue weighted by atomic mass is 9.78. The summed E-state index contributed by atoms with van der Waals surface area (Å²) in [6.45, 7) is 0.595. The van der Waals surface area contributed by atoms with Gasteiger partial charge in [0.25, 0.3) is 0 Å². The van der Waals surface area contributed by atoms with Gasteiger partial charge in [-0.2, -0.15) is 0 Å². The maximum absolute atomic E-state index is 11.8. The molecule has 0 atom stereocenters. The average molecular weight is 257 g/mol. The van der Waals surface area contributed by atoms with Crippen molar-refractivity contribution in [2.75, 3.05) is 27.4 Å². The van der Waals surface area contributed by atoms with Crippen LogP contribution in [0.5, 0.6) is 5.75 Å². The zero-order valence-corrected chi connectivity index (χ0v) is 10.4. The number of rotatable bonds is 3. The number of ether oxygens (including phenoxy) is 3. The van der Waals surface area contributed by atoms with Gasteiger partial charge in [0, 0.05) is 5.02 Å². The summed E-state index contributed by atoms with van der Waals surface area (Å²) in [6, 6.07) is 5.23. The topological polar surface area (TPSA) is 44.8 Å². The summed E-state index contributed by atoms with van der Waals surface area (Å²) < 4.78 is 15.0. The maximum atomic E-state index is 11.8. The van der Waals surface area contributed by atoms with Crippen LogP contribution in [0.4, 0.5) is 0 Å². The van der Waals surface area contributed by atoms with Gasteiger partial charge in [-0.3, -0.25) is 4.79 Å². The summed E-state index contributed by atoms with van der Waals surface area (Å²) in [5.41, 5.74) is -0.0453. The second kappa shape index (κ2) is 4.55. The number of hydrogen-bond donors (Lipinski definition) is 0. The zero-order chi connectivity index (χ0) is 12.5. The van der Waals surface area contributed by atoms with Crippen molar-refractivity contribution < 1.29 is 19.0 Å². The summed E-state index contributed by atoms with van der Waals surface area (Å²) in [5, 5.41) is 0.484. The minimum atomic E-state index is -0.766. The molecule has 2 rings (SSSR count). The molecule has 0 amide bonds. The summed E-state index contributed by atoms with van der Waals surface area (Å²) >= 11 is 6.16. The first-order valence-corrected chi connectivity index (χ1v) is 5.52. The van der Waals surface area contributed by atoms with Gasteiger partial charge in [0.1, 0.15) is 11.2 Å². The van der Waals surface area contributed by atoms with E-state index in [9.17, 15) is 4.79 Å². The molecule has 0 spiro atoms. The van der Waals surface area contributed by atoms with Crippen molar-refractivity contribution in [3.8, 4) is 5.75 Å². The van der Waals surface area contributed by atoms with E-state index in [1.54, 1.807) is 25.3 Å². The average Bonchev–Trinajstić information content (AvgIpc) is 2.29. The number of carbonyl (C=O) groups excluding carboxylic acids is 1. The first-order valence-electron chi connectivity index (χ1n) is 5.14. The standard InChI is InChI=1S/C12H13ClO4/c1-15-8-3-4-9(10(13)5-8)12(6-17-7-12)11(14)16-2/h3-5H,6-7H2,1-2H3. The predicted octanol–water partition coefficient (Wildman–Crippen LogP) is 1.79. The van der Waals surface area contributed by atoms with Crippen molar-refractivity contribution in [3.63, 3.8) is 0 Å². The fourth-order valence-corrected chi connectivity index (χ4v) is 2.25. The molecule has 1 aliphatic heterocycles. The SMILES string of the molecule is COC(=O)C1(c2ccc(OC)cc2Cl)COC1. The van der Waals surface area contributed by atoms with Crippen LogP contribution in [0.25, 0.3) is 0 Å². The van der Waals surface area contributed by atoms with Gasteiger partial charge in [-0.05, 0) is 17.7 Å². The molecule has 1 aromatic carbocycles. The summed E-state index contributed by atoms with van der Waals surface area (Å²) in [6.07, 6.45) is 0. The van der Waals surface area contributed by atoms with Crippen LogP contribution < -0.4 is 4.74 Å². The fraction of sp³-hybridized carbons (Fsp3) is 0.417. The number of carbonyl (C=O) groups is 1. The third-order valence-corrected chi connectivity index (χ3v) is 3.28. The molecule has 17 heavy (non-hydrogen) atoms. The highest BCUT2D eigenvalue weighted by atomic mass is 35.5. The molecule has 1 aromatic rings. The Morgan fingerprint density at radius 2 is 2.12 bits per heavy atom. The Kier molecular flexibility index (Phi) is 3.26. The number of esters is 1. The largest absolute Gasteiger partial charge is 0.497 e.